The fraction of sp³-hybridized carbons (Fsp3) is 0. The molecule has 0 unspecified atom stereocenters. The molecule has 0 radical (unpaired) electrons. The van der Waals surface area contributed by atoms with Gasteiger partial charge in [0.05, 0.1) is 44.5 Å². The molecule has 0 aliphatic carbocycles. The first kappa shape index (κ1) is 35.2. The lowest BCUT2D eigenvalue weighted by atomic mass is 9.99. The van der Waals surface area contributed by atoms with Crippen molar-refractivity contribution < 1.29 is 0 Å². The molecule has 0 atom stereocenters. The molecule has 0 aliphatic rings. The molecule has 4 aromatic heterocycles. The Morgan fingerprint density at radius 1 is 0.286 bits per heavy atom. The minimum absolute atomic E-state index is 0.685. The van der Waals surface area contributed by atoms with Crippen LogP contribution >= 0.6 is 0 Å². The van der Waals surface area contributed by atoms with Crippen molar-refractivity contribution in [3.63, 3.8) is 0 Å². The van der Waals surface area contributed by atoms with Crippen molar-refractivity contribution in [2.75, 3.05) is 0 Å². The number of rotatable bonds is 6. The molecule has 9 aromatic carbocycles. The van der Waals surface area contributed by atoms with Gasteiger partial charge in [0.25, 0.3) is 0 Å². The summed E-state index contributed by atoms with van der Waals surface area (Å²) in [6.45, 7) is 0. The lowest BCUT2D eigenvalue weighted by Crippen LogP contribution is -2.00. The van der Waals surface area contributed by atoms with E-state index in [4.69, 9.17) is 9.97 Å². The smallest absolute Gasteiger partial charge is 0.160 e. The summed E-state index contributed by atoms with van der Waals surface area (Å²) in [4.78, 5) is 10.7. The maximum Gasteiger partial charge on any atom is 0.160 e. The Balaban J connectivity index is 1.21. The average Bonchev–Trinajstić information content (AvgIpc) is 4.00. The third-order valence-corrected chi connectivity index (χ3v) is 12.6. The fourth-order valence-corrected chi connectivity index (χ4v) is 9.93. The summed E-state index contributed by atoms with van der Waals surface area (Å²) in [5.74, 6) is 0.685. The van der Waals surface area contributed by atoms with E-state index in [1.54, 1.807) is 0 Å². The highest BCUT2D eigenvalue weighted by Crippen LogP contribution is 2.47. The standard InChI is InChI=1S/C58H37N5/c1-5-19-38(20-6-1)49-37-50(60-58(59-49)39-21-7-2-8-22-39)48-36-47-44-28-14-17-31-52(44)62(41-25-11-4-12-26-41)56(47)55-45-29-15-18-32-53(45)63(57(48)55)42-33-34-54-46(35-42)43-27-13-16-30-51(43)61(54)40-23-9-3-10-24-40/h1-37H. The molecule has 4 heterocycles. The highest BCUT2D eigenvalue weighted by molar-refractivity contribution is 6.29. The van der Waals surface area contributed by atoms with Crippen molar-refractivity contribution >= 4 is 65.4 Å². The summed E-state index contributed by atoms with van der Waals surface area (Å²) in [7, 11) is 0. The largest absolute Gasteiger partial charge is 0.309 e. The highest BCUT2D eigenvalue weighted by atomic mass is 15.0. The zero-order valence-corrected chi connectivity index (χ0v) is 34.1. The third kappa shape index (κ3) is 5.43. The Kier molecular flexibility index (Phi) is 7.84. The molecule has 0 N–H and O–H groups in total. The van der Waals surface area contributed by atoms with Crippen LogP contribution in [-0.2, 0) is 0 Å². The normalized spacial score (nSPS) is 11.8. The number of fused-ring (bicyclic) bond motifs is 10. The van der Waals surface area contributed by atoms with E-state index in [1.807, 2.05) is 6.07 Å². The Bertz CT molecular complexity index is 3820. The molecule has 0 aliphatic heterocycles. The van der Waals surface area contributed by atoms with Crippen molar-refractivity contribution in [2.45, 2.75) is 0 Å². The molecule has 5 nitrogen and oxygen atoms in total. The molecule has 294 valence electrons. The van der Waals surface area contributed by atoms with Crippen LogP contribution in [0.2, 0.25) is 0 Å². The molecule has 0 saturated heterocycles. The van der Waals surface area contributed by atoms with Crippen LogP contribution in [0.15, 0.2) is 224 Å². The summed E-state index contributed by atoms with van der Waals surface area (Å²) in [6.07, 6.45) is 0. The first-order chi connectivity index (χ1) is 31.3. The van der Waals surface area contributed by atoms with Gasteiger partial charge in [-0.1, -0.05) is 152 Å². The monoisotopic (exact) mass is 803 g/mol. The topological polar surface area (TPSA) is 40.6 Å². The Labute approximate surface area is 363 Å². The van der Waals surface area contributed by atoms with Gasteiger partial charge in [-0.3, -0.25) is 0 Å². The maximum absolute atomic E-state index is 5.50. The third-order valence-electron chi connectivity index (χ3n) is 12.6. The van der Waals surface area contributed by atoms with Gasteiger partial charge in [-0.05, 0) is 72.8 Å². The second-order valence-corrected chi connectivity index (χ2v) is 16.2. The molecule has 0 spiro atoms. The van der Waals surface area contributed by atoms with Gasteiger partial charge in [-0.15, -0.1) is 0 Å². The van der Waals surface area contributed by atoms with E-state index in [2.05, 4.69) is 232 Å². The predicted molar refractivity (Wildman–Crippen MR) is 261 cm³/mol. The van der Waals surface area contributed by atoms with Crippen LogP contribution in [0.3, 0.4) is 0 Å². The number of nitrogens with zero attached hydrogens (tertiary/aromatic N) is 5. The van der Waals surface area contributed by atoms with Crippen LogP contribution in [0.1, 0.15) is 0 Å². The van der Waals surface area contributed by atoms with E-state index in [9.17, 15) is 0 Å². The summed E-state index contributed by atoms with van der Waals surface area (Å²) in [5.41, 5.74) is 15.0. The first-order valence-electron chi connectivity index (χ1n) is 21.4. The van der Waals surface area contributed by atoms with E-state index >= 15 is 0 Å². The van der Waals surface area contributed by atoms with Gasteiger partial charge < -0.3 is 13.7 Å². The van der Waals surface area contributed by atoms with E-state index in [0.717, 1.165) is 67.2 Å². The summed E-state index contributed by atoms with van der Waals surface area (Å²) < 4.78 is 7.31. The van der Waals surface area contributed by atoms with Gasteiger partial charge in [0.2, 0.25) is 0 Å². The Morgan fingerprint density at radius 2 is 0.762 bits per heavy atom. The van der Waals surface area contributed by atoms with Crippen molar-refractivity contribution in [3.8, 4) is 51.0 Å². The molecule has 0 bridgehead atoms. The zero-order chi connectivity index (χ0) is 41.4. The molecule has 13 rings (SSSR count). The zero-order valence-electron chi connectivity index (χ0n) is 34.1. The quantitative estimate of drug-likeness (QED) is 0.168. The first-order valence-corrected chi connectivity index (χ1v) is 21.4. The van der Waals surface area contributed by atoms with Crippen molar-refractivity contribution in [1.82, 2.24) is 23.7 Å². The van der Waals surface area contributed by atoms with Crippen molar-refractivity contribution in [2.24, 2.45) is 0 Å². The van der Waals surface area contributed by atoms with Gasteiger partial charge in [-0.25, -0.2) is 9.97 Å². The van der Waals surface area contributed by atoms with Crippen molar-refractivity contribution in [3.05, 3.63) is 224 Å². The molecule has 0 fully saturated rings. The van der Waals surface area contributed by atoms with Gasteiger partial charge in [0.15, 0.2) is 5.82 Å². The second kappa shape index (κ2) is 14.0. The van der Waals surface area contributed by atoms with Crippen molar-refractivity contribution in [1.29, 1.82) is 0 Å². The molecule has 13 aromatic rings. The predicted octanol–water partition coefficient (Wildman–Crippen LogP) is 14.8. The van der Waals surface area contributed by atoms with Crippen LogP contribution in [0.4, 0.5) is 0 Å². The van der Waals surface area contributed by atoms with Crippen LogP contribution in [0.5, 0.6) is 0 Å². The molecular formula is C58H37N5. The summed E-state index contributed by atoms with van der Waals surface area (Å²) >= 11 is 0. The number of aromatic nitrogens is 5. The van der Waals surface area contributed by atoms with Gasteiger partial charge in [0, 0.05) is 66.1 Å². The minimum atomic E-state index is 0.685. The summed E-state index contributed by atoms with van der Waals surface area (Å²) in [6, 6.07) is 80.2. The van der Waals surface area contributed by atoms with Gasteiger partial charge in [0.1, 0.15) is 0 Å². The molecular weight excluding hydrogens is 767 g/mol. The number of benzene rings is 9. The van der Waals surface area contributed by atoms with Gasteiger partial charge in [-0.2, -0.15) is 0 Å². The van der Waals surface area contributed by atoms with E-state index in [-0.39, 0.29) is 0 Å². The lowest BCUT2D eigenvalue weighted by Gasteiger charge is -2.15. The van der Waals surface area contributed by atoms with Gasteiger partial charge >= 0.3 is 0 Å². The van der Waals surface area contributed by atoms with Crippen LogP contribution in [-0.4, -0.2) is 23.7 Å². The Hall–Kier alpha value is -8.54. The van der Waals surface area contributed by atoms with E-state index in [1.165, 1.54) is 43.4 Å². The minimum Gasteiger partial charge on any atom is -0.309 e. The number of hydrogen-bond acceptors (Lipinski definition) is 2. The molecule has 0 amide bonds. The maximum atomic E-state index is 5.50. The Morgan fingerprint density at radius 3 is 1.43 bits per heavy atom. The second-order valence-electron chi connectivity index (χ2n) is 16.2. The molecule has 0 saturated carbocycles. The molecule has 63 heavy (non-hydrogen) atoms. The van der Waals surface area contributed by atoms with Crippen LogP contribution < -0.4 is 0 Å². The van der Waals surface area contributed by atoms with E-state index < -0.39 is 0 Å². The number of para-hydroxylation sites is 5. The van der Waals surface area contributed by atoms with E-state index in [0.29, 0.717) is 5.82 Å². The van der Waals surface area contributed by atoms with Crippen LogP contribution in [0.25, 0.3) is 116 Å². The fourth-order valence-electron chi connectivity index (χ4n) is 9.93. The molecule has 5 heteroatoms. The highest BCUT2D eigenvalue weighted by Gasteiger charge is 2.26. The SMILES string of the molecule is c1ccc(-c2cc(-c3cc4c5ccccc5n(-c5ccccc5)c4c4c5ccccc5n(-c5ccc6c(c5)c5ccccc5n6-c5ccccc5)c34)nc(-c3ccccc3)n2)cc1. The lowest BCUT2D eigenvalue weighted by molar-refractivity contribution is 1.16. The van der Waals surface area contributed by atoms with Crippen LogP contribution in [0, 0.1) is 0 Å². The summed E-state index contributed by atoms with van der Waals surface area (Å²) in [5, 5.41) is 7.10. The average molecular weight is 804 g/mol. The number of hydrogen-bond donors (Lipinski definition) is 0.